The van der Waals surface area contributed by atoms with Crippen molar-refractivity contribution in [3.63, 3.8) is 0 Å². The van der Waals surface area contributed by atoms with E-state index in [1.54, 1.807) is 6.07 Å². The van der Waals surface area contributed by atoms with E-state index in [9.17, 15) is 5.21 Å². The molecule has 0 radical (unpaired) electrons. The van der Waals surface area contributed by atoms with Crippen molar-refractivity contribution < 1.29 is 4.73 Å². The Morgan fingerprint density at radius 2 is 1.80 bits per heavy atom. The smallest absolute Gasteiger partial charge is 0.197 e. The first-order valence-electron chi connectivity index (χ1n) is 4.67. The SMILES string of the molecule is [O-][n+]1ccccc1Cc1ccc(Cl)cc1. The lowest BCUT2D eigenvalue weighted by molar-refractivity contribution is -0.613. The van der Waals surface area contributed by atoms with Crippen LogP contribution in [0.2, 0.25) is 5.02 Å². The van der Waals surface area contributed by atoms with Crippen LogP contribution in [-0.2, 0) is 6.42 Å². The Labute approximate surface area is 93.3 Å². The van der Waals surface area contributed by atoms with E-state index < -0.39 is 0 Å². The molecule has 0 unspecified atom stereocenters. The molecule has 0 atom stereocenters. The zero-order chi connectivity index (χ0) is 10.7. The van der Waals surface area contributed by atoms with Gasteiger partial charge in [0, 0.05) is 17.2 Å². The first-order valence-corrected chi connectivity index (χ1v) is 5.05. The van der Waals surface area contributed by atoms with Gasteiger partial charge in [-0.05, 0) is 17.7 Å². The number of benzene rings is 1. The Bertz CT molecular complexity index is 453. The summed E-state index contributed by atoms with van der Waals surface area (Å²) in [6.45, 7) is 0. The maximum absolute atomic E-state index is 11.4. The highest BCUT2D eigenvalue weighted by molar-refractivity contribution is 6.30. The van der Waals surface area contributed by atoms with Crippen LogP contribution in [-0.4, -0.2) is 0 Å². The molecule has 2 rings (SSSR count). The highest BCUT2D eigenvalue weighted by Gasteiger charge is 2.04. The predicted molar refractivity (Wildman–Crippen MR) is 59.7 cm³/mol. The van der Waals surface area contributed by atoms with Crippen LogP contribution in [0.5, 0.6) is 0 Å². The first-order chi connectivity index (χ1) is 7.25. The molecule has 0 aliphatic carbocycles. The van der Waals surface area contributed by atoms with Gasteiger partial charge in [0.25, 0.3) is 0 Å². The van der Waals surface area contributed by atoms with Crippen molar-refractivity contribution in [3.05, 3.63) is 70.1 Å². The second-order valence-corrected chi connectivity index (χ2v) is 3.76. The predicted octanol–water partition coefficient (Wildman–Crippen LogP) is 2.56. The standard InChI is InChI=1S/C12H10ClNO/c13-11-6-4-10(5-7-11)9-12-3-1-2-8-14(12)15/h1-8H,9H2. The molecule has 15 heavy (non-hydrogen) atoms. The molecule has 1 heterocycles. The van der Waals surface area contributed by atoms with Gasteiger partial charge < -0.3 is 5.21 Å². The molecule has 0 bridgehead atoms. The largest absolute Gasteiger partial charge is 0.618 e. The van der Waals surface area contributed by atoms with E-state index in [-0.39, 0.29) is 0 Å². The van der Waals surface area contributed by atoms with Gasteiger partial charge in [-0.15, -0.1) is 0 Å². The van der Waals surface area contributed by atoms with Crippen molar-refractivity contribution in [1.29, 1.82) is 0 Å². The molecule has 0 aliphatic heterocycles. The van der Waals surface area contributed by atoms with E-state index in [0.29, 0.717) is 11.4 Å². The highest BCUT2D eigenvalue weighted by Crippen LogP contribution is 2.11. The molecular formula is C12H10ClNO. The normalized spacial score (nSPS) is 10.2. The molecule has 0 saturated heterocycles. The van der Waals surface area contributed by atoms with Crippen LogP contribution in [0.25, 0.3) is 0 Å². The van der Waals surface area contributed by atoms with Gasteiger partial charge in [0.05, 0.1) is 6.42 Å². The quantitative estimate of drug-likeness (QED) is 0.563. The molecular weight excluding hydrogens is 210 g/mol. The van der Waals surface area contributed by atoms with Gasteiger partial charge >= 0.3 is 0 Å². The zero-order valence-corrected chi connectivity index (χ0v) is 8.82. The summed E-state index contributed by atoms with van der Waals surface area (Å²) in [6, 6.07) is 12.9. The van der Waals surface area contributed by atoms with Gasteiger partial charge in [-0.2, -0.15) is 4.73 Å². The first kappa shape index (κ1) is 9.99. The fourth-order valence-corrected chi connectivity index (χ4v) is 1.54. The summed E-state index contributed by atoms with van der Waals surface area (Å²) in [6.07, 6.45) is 2.13. The third kappa shape index (κ3) is 2.48. The van der Waals surface area contributed by atoms with Gasteiger partial charge in [0.15, 0.2) is 11.9 Å². The monoisotopic (exact) mass is 219 g/mol. The third-order valence-electron chi connectivity index (χ3n) is 2.20. The molecule has 0 amide bonds. The number of hydrogen-bond donors (Lipinski definition) is 0. The van der Waals surface area contributed by atoms with Gasteiger partial charge in [-0.1, -0.05) is 29.8 Å². The van der Waals surface area contributed by atoms with Gasteiger partial charge in [-0.25, -0.2) is 0 Å². The van der Waals surface area contributed by atoms with E-state index in [2.05, 4.69) is 0 Å². The molecule has 0 aliphatic rings. The van der Waals surface area contributed by atoms with Gasteiger partial charge in [0.2, 0.25) is 0 Å². The number of rotatable bonds is 2. The number of nitrogens with zero attached hydrogens (tertiary/aromatic N) is 1. The fraction of sp³-hybridized carbons (Fsp3) is 0.0833. The highest BCUT2D eigenvalue weighted by atomic mass is 35.5. The van der Waals surface area contributed by atoms with E-state index in [1.165, 1.54) is 6.20 Å². The lowest BCUT2D eigenvalue weighted by atomic mass is 10.1. The van der Waals surface area contributed by atoms with Crippen LogP contribution in [0.1, 0.15) is 11.3 Å². The average molecular weight is 220 g/mol. The molecule has 3 heteroatoms. The summed E-state index contributed by atoms with van der Waals surface area (Å²) in [4.78, 5) is 0. The van der Waals surface area contributed by atoms with Crippen molar-refractivity contribution >= 4 is 11.6 Å². The number of pyridine rings is 1. The van der Waals surface area contributed by atoms with Crippen molar-refractivity contribution in [1.82, 2.24) is 0 Å². The number of halogens is 1. The van der Waals surface area contributed by atoms with Gasteiger partial charge in [-0.3, -0.25) is 0 Å². The van der Waals surface area contributed by atoms with E-state index in [1.807, 2.05) is 36.4 Å². The Balaban J connectivity index is 2.22. The van der Waals surface area contributed by atoms with Crippen molar-refractivity contribution in [2.75, 3.05) is 0 Å². The summed E-state index contributed by atoms with van der Waals surface area (Å²) >= 11 is 5.78. The molecule has 0 N–H and O–H groups in total. The molecule has 2 aromatic rings. The van der Waals surface area contributed by atoms with Crippen LogP contribution in [0.3, 0.4) is 0 Å². The summed E-state index contributed by atoms with van der Waals surface area (Å²) in [5.41, 5.74) is 1.81. The van der Waals surface area contributed by atoms with Crippen LogP contribution >= 0.6 is 11.6 Å². The Hall–Kier alpha value is -1.54. The third-order valence-corrected chi connectivity index (χ3v) is 2.45. The minimum absolute atomic E-state index is 0.626. The molecule has 1 aromatic carbocycles. The Kier molecular flexibility index (Phi) is 2.88. The molecule has 0 fully saturated rings. The van der Waals surface area contributed by atoms with E-state index in [4.69, 9.17) is 11.6 Å². The second kappa shape index (κ2) is 4.32. The zero-order valence-electron chi connectivity index (χ0n) is 8.06. The maximum atomic E-state index is 11.4. The summed E-state index contributed by atoms with van der Waals surface area (Å²) < 4.78 is 0.884. The lowest BCUT2D eigenvalue weighted by Gasteiger charge is -2.03. The minimum atomic E-state index is 0.626. The maximum Gasteiger partial charge on any atom is 0.197 e. The lowest BCUT2D eigenvalue weighted by Crippen LogP contribution is -2.30. The Morgan fingerprint density at radius 1 is 1.07 bits per heavy atom. The fourth-order valence-electron chi connectivity index (χ4n) is 1.41. The van der Waals surface area contributed by atoms with E-state index in [0.717, 1.165) is 16.0 Å². The van der Waals surface area contributed by atoms with Crippen molar-refractivity contribution in [3.8, 4) is 0 Å². The van der Waals surface area contributed by atoms with Crippen LogP contribution in [0.15, 0.2) is 48.7 Å². The molecule has 76 valence electrons. The second-order valence-electron chi connectivity index (χ2n) is 3.32. The van der Waals surface area contributed by atoms with Crippen molar-refractivity contribution in [2.24, 2.45) is 0 Å². The Morgan fingerprint density at radius 3 is 2.47 bits per heavy atom. The summed E-state index contributed by atoms with van der Waals surface area (Å²) in [7, 11) is 0. The van der Waals surface area contributed by atoms with Crippen LogP contribution in [0, 0.1) is 5.21 Å². The number of aromatic nitrogens is 1. The topological polar surface area (TPSA) is 26.9 Å². The van der Waals surface area contributed by atoms with E-state index >= 15 is 0 Å². The average Bonchev–Trinajstić information content (AvgIpc) is 2.25. The minimum Gasteiger partial charge on any atom is -0.618 e. The summed E-state index contributed by atoms with van der Waals surface area (Å²) in [5, 5.41) is 12.1. The molecule has 1 aromatic heterocycles. The van der Waals surface area contributed by atoms with Crippen LogP contribution in [0.4, 0.5) is 0 Å². The molecule has 0 spiro atoms. The summed E-state index contributed by atoms with van der Waals surface area (Å²) in [5.74, 6) is 0. The molecule has 2 nitrogen and oxygen atoms in total. The number of hydrogen-bond acceptors (Lipinski definition) is 1. The van der Waals surface area contributed by atoms with Crippen LogP contribution < -0.4 is 4.73 Å². The van der Waals surface area contributed by atoms with Crippen molar-refractivity contribution in [2.45, 2.75) is 6.42 Å². The van der Waals surface area contributed by atoms with Gasteiger partial charge in [0.1, 0.15) is 0 Å². The molecule has 0 saturated carbocycles.